The first-order valence-electron chi connectivity index (χ1n) is 11.9. The lowest BCUT2D eigenvalue weighted by Crippen LogP contribution is -2.44. The zero-order valence-electron chi connectivity index (χ0n) is 19.4. The van der Waals surface area contributed by atoms with Gasteiger partial charge >= 0.3 is 0 Å². The van der Waals surface area contributed by atoms with E-state index in [-0.39, 0.29) is 17.6 Å². The lowest BCUT2D eigenvalue weighted by molar-refractivity contribution is -0.0782. The highest BCUT2D eigenvalue weighted by atomic mass is 16.5. The minimum Gasteiger partial charge on any atom is -0.497 e. The van der Waals surface area contributed by atoms with E-state index in [4.69, 9.17) is 14.2 Å². The fourth-order valence-electron chi connectivity index (χ4n) is 5.26. The molecule has 0 saturated carbocycles. The van der Waals surface area contributed by atoms with Crippen LogP contribution in [0.2, 0.25) is 0 Å². The normalized spacial score (nSPS) is 24.9. The molecule has 4 rings (SSSR count). The number of carbonyl (C=O) groups excluding carboxylic acids is 1. The largest absolute Gasteiger partial charge is 0.497 e. The molecule has 0 radical (unpaired) electrons. The Labute approximate surface area is 186 Å². The second kappa shape index (κ2) is 9.78. The van der Waals surface area contributed by atoms with E-state index in [1.807, 2.05) is 23.1 Å². The summed E-state index contributed by atoms with van der Waals surface area (Å²) in [6.45, 7) is 10.2. The molecule has 0 N–H and O–H groups in total. The van der Waals surface area contributed by atoms with E-state index < -0.39 is 0 Å². The second-order valence-electron chi connectivity index (χ2n) is 9.95. The van der Waals surface area contributed by atoms with Gasteiger partial charge in [0.1, 0.15) is 17.6 Å². The van der Waals surface area contributed by atoms with Gasteiger partial charge in [-0.2, -0.15) is 0 Å². The maximum atomic E-state index is 13.0. The highest BCUT2D eigenvalue weighted by molar-refractivity contribution is 5.97. The van der Waals surface area contributed by atoms with Crippen molar-refractivity contribution in [3.05, 3.63) is 23.8 Å². The Morgan fingerprint density at radius 3 is 2.55 bits per heavy atom. The van der Waals surface area contributed by atoms with Crippen LogP contribution in [0, 0.1) is 5.92 Å². The van der Waals surface area contributed by atoms with Crippen LogP contribution in [0.5, 0.6) is 11.5 Å². The monoisotopic (exact) mass is 430 g/mol. The van der Waals surface area contributed by atoms with Crippen molar-refractivity contribution in [1.82, 2.24) is 9.80 Å². The van der Waals surface area contributed by atoms with E-state index in [0.717, 1.165) is 83.6 Å². The molecule has 1 amide bonds. The predicted octanol–water partition coefficient (Wildman–Crippen LogP) is 3.98. The number of hydrogen-bond acceptors (Lipinski definition) is 5. The SMILES string of the molecule is COc1ccc(C(=O)N2CCCC2)c(OC2CCN(C[C@H]3CCOC(C)(C)C3)CC2)c1. The average Bonchev–Trinajstić information content (AvgIpc) is 3.29. The maximum absolute atomic E-state index is 13.0. The van der Waals surface area contributed by atoms with Crippen LogP contribution in [-0.4, -0.2) is 73.9 Å². The average molecular weight is 431 g/mol. The quantitative estimate of drug-likeness (QED) is 0.683. The number of amides is 1. The van der Waals surface area contributed by atoms with E-state index in [1.165, 1.54) is 0 Å². The van der Waals surface area contributed by atoms with Gasteiger partial charge in [-0.15, -0.1) is 0 Å². The lowest BCUT2D eigenvalue weighted by Gasteiger charge is -2.39. The molecule has 3 heterocycles. The molecule has 0 spiro atoms. The van der Waals surface area contributed by atoms with Gasteiger partial charge in [0.05, 0.1) is 18.3 Å². The van der Waals surface area contributed by atoms with Crippen LogP contribution in [0.25, 0.3) is 0 Å². The molecule has 3 saturated heterocycles. The number of ether oxygens (including phenoxy) is 3. The third-order valence-corrected chi connectivity index (χ3v) is 6.96. The van der Waals surface area contributed by atoms with Crippen molar-refractivity contribution in [2.24, 2.45) is 5.92 Å². The molecule has 0 unspecified atom stereocenters. The molecule has 31 heavy (non-hydrogen) atoms. The van der Waals surface area contributed by atoms with Gasteiger partial charge in [0, 0.05) is 45.4 Å². The summed E-state index contributed by atoms with van der Waals surface area (Å²) in [5.41, 5.74) is 0.671. The number of nitrogens with zero attached hydrogens (tertiary/aromatic N) is 2. The Kier molecular flexibility index (Phi) is 7.07. The van der Waals surface area contributed by atoms with Crippen molar-refractivity contribution in [2.45, 2.75) is 64.1 Å². The molecule has 1 aromatic rings. The standard InChI is InChI=1S/C25H38N2O4/c1-25(2)17-19(10-15-30-25)18-26-13-8-20(9-14-26)31-23-16-21(29-3)6-7-22(23)24(28)27-11-4-5-12-27/h6-7,16,19-20H,4-5,8-15,17-18H2,1-3H3/t19-/m0/s1. The number of methoxy groups -OCH3 is 1. The Bertz CT molecular complexity index is 752. The smallest absolute Gasteiger partial charge is 0.257 e. The van der Waals surface area contributed by atoms with Crippen LogP contribution >= 0.6 is 0 Å². The molecule has 6 heteroatoms. The van der Waals surface area contributed by atoms with Crippen LogP contribution in [0.1, 0.15) is 62.7 Å². The topological polar surface area (TPSA) is 51.2 Å². The summed E-state index contributed by atoms with van der Waals surface area (Å²) in [5.74, 6) is 2.19. The predicted molar refractivity (Wildman–Crippen MR) is 121 cm³/mol. The zero-order valence-corrected chi connectivity index (χ0v) is 19.4. The summed E-state index contributed by atoms with van der Waals surface area (Å²) in [4.78, 5) is 17.5. The van der Waals surface area contributed by atoms with Crippen molar-refractivity contribution in [1.29, 1.82) is 0 Å². The van der Waals surface area contributed by atoms with Crippen LogP contribution in [0.4, 0.5) is 0 Å². The maximum Gasteiger partial charge on any atom is 0.257 e. The number of piperidine rings is 1. The van der Waals surface area contributed by atoms with Crippen molar-refractivity contribution in [3.8, 4) is 11.5 Å². The van der Waals surface area contributed by atoms with Crippen LogP contribution in [0.3, 0.4) is 0 Å². The minimum atomic E-state index is 0.00892. The Morgan fingerprint density at radius 2 is 1.87 bits per heavy atom. The molecule has 0 bridgehead atoms. The highest BCUT2D eigenvalue weighted by Crippen LogP contribution is 2.32. The molecule has 6 nitrogen and oxygen atoms in total. The first-order chi connectivity index (χ1) is 14.9. The van der Waals surface area contributed by atoms with Crippen LogP contribution in [0.15, 0.2) is 18.2 Å². The summed E-state index contributed by atoms with van der Waals surface area (Å²) in [6, 6.07) is 5.59. The van der Waals surface area contributed by atoms with Crippen molar-refractivity contribution in [2.75, 3.05) is 46.4 Å². The first-order valence-corrected chi connectivity index (χ1v) is 11.9. The summed E-state index contributed by atoms with van der Waals surface area (Å²) < 4.78 is 17.7. The molecular formula is C25H38N2O4. The van der Waals surface area contributed by atoms with Crippen molar-refractivity contribution < 1.29 is 19.0 Å². The number of rotatable bonds is 6. The van der Waals surface area contributed by atoms with Gasteiger partial charge in [0.15, 0.2) is 0 Å². The van der Waals surface area contributed by atoms with Crippen LogP contribution in [-0.2, 0) is 4.74 Å². The molecule has 3 aliphatic heterocycles. The Morgan fingerprint density at radius 1 is 1.13 bits per heavy atom. The molecule has 3 fully saturated rings. The van der Waals surface area contributed by atoms with Gasteiger partial charge in [0.2, 0.25) is 0 Å². The molecule has 3 aliphatic rings. The summed E-state index contributed by atoms with van der Waals surface area (Å²) in [5, 5.41) is 0. The van der Waals surface area contributed by atoms with Gasteiger partial charge in [-0.3, -0.25) is 4.79 Å². The van der Waals surface area contributed by atoms with Gasteiger partial charge in [-0.25, -0.2) is 0 Å². The van der Waals surface area contributed by atoms with Crippen molar-refractivity contribution in [3.63, 3.8) is 0 Å². The summed E-state index contributed by atoms with van der Waals surface area (Å²) in [6.07, 6.45) is 6.57. The van der Waals surface area contributed by atoms with Gasteiger partial charge in [-0.05, 0) is 70.4 Å². The van der Waals surface area contributed by atoms with E-state index >= 15 is 0 Å². The Balaban J connectivity index is 1.35. The van der Waals surface area contributed by atoms with E-state index in [0.29, 0.717) is 17.2 Å². The first kappa shape index (κ1) is 22.4. The molecule has 1 aromatic carbocycles. The fraction of sp³-hybridized carbons (Fsp3) is 0.720. The number of likely N-dealkylation sites (tertiary alicyclic amines) is 2. The number of hydrogen-bond donors (Lipinski definition) is 0. The number of carbonyl (C=O) groups is 1. The summed E-state index contributed by atoms with van der Waals surface area (Å²) in [7, 11) is 1.65. The summed E-state index contributed by atoms with van der Waals surface area (Å²) >= 11 is 0. The van der Waals surface area contributed by atoms with Gasteiger partial charge in [0.25, 0.3) is 5.91 Å². The zero-order chi connectivity index (χ0) is 21.8. The van der Waals surface area contributed by atoms with E-state index in [1.54, 1.807) is 7.11 Å². The molecule has 172 valence electrons. The van der Waals surface area contributed by atoms with Gasteiger partial charge < -0.3 is 24.0 Å². The van der Waals surface area contributed by atoms with Gasteiger partial charge in [-0.1, -0.05) is 0 Å². The van der Waals surface area contributed by atoms with E-state index in [2.05, 4.69) is 18.7 Å². The lowest BCUT2D eigenvalue weighted by atomic mass is 9.87. The number of benzene rings is 1. The molecule has 0 aliphatic carbocycles. The third kappa shape index (κ3) is 5.72. The molecular weight excluding hydrogens is 392 g/mol. The third-order valence-electron chi connectivity index (χ3n) is 6.96. The molecule has 1 atom stereocenters. The minimum absolute atomic E-state index is 0.00892. The van der Waals surface area contributed by atoms with Crippen LogP contribution < -0.4 is 9.47 Å². The Hall–Kier alpha value is -1.79. The van der Waals surface area contributed by atoms with Crippen molar-refractivity contribution >= 4 is 5.91 Å². The highest BCUT2D eigenvalue weighted by Gasteiger charge is 2.31. The molecule has 0 aromatic heterocycles. The second-order valence-corrected chi connectivity index (χ2v) is 9.95. The van der Waals surface area contributed by atoms with E-state index in [9.17, 15) is 4.79 Å². The fourth-order valence-corrected chi connectivity index (χ4v) is 5.26.